The molecular formula is C11H12BrCl2N3S. The Morgan fingerprint density at radius 1 is 1.44 bits per heavy atom. The molecule has 0 saturated carbocycles. The first-order valence-electron chi connectivity index (χ1n) is 5.35. The average Bonchev–Trinajstić information content (AvgIpc) is 2.81. The molecule has 0 aliphatic rings. The summed E-state index contributed by atoms with van der Waals surface area (Å²) in [4.78, 5) is 0. The normalized spacial score (nSPS) is 13.3. The zero-order chi connectivity index (χ0) is 13.4. The summed E-state index contributed by atoms with van der Waals surface area (Å²) >= 11 is 16.9. The van der Waals surface area contributed by atoms with Gasteiger partial charge in [-0.05, 0) is 35.8 Å². The Hall–Kier alpha value is -0.0700. The van der Waals surface area contributed by atoms with Crippen LogP contribution in [0.1, 0.15) is 37.2 Å². The van der Waals surface area contributed by atoms with E-state index < -0.39 is 0 Å². The zero-order valence-electron chi connectivity index (χ0n) is 9.82. The van der Waals surface area contributed by atoms with E-state index in [-0.39, 0.29) is 12.1 Å². The van der Waals surface area contributed by atoms with Crippen LogP contribution in [-0.4, -0.2) is 9.78 Å². The molecule has 0 bridgehead atoms. The van der Waals surface area contributed by atoms with E-state index in [0.29, 0.717) is 8.67 Å². The first-order chi connectivity index (χ1) is 8.41. The van der Waals surface area contributed by atoms with Gasteiger partial charge in [-0.1, -0.05) is 23.2 Å². The number of nitrogens with zero attached hydrogens (tertiary/aromatic N) is 2. The monoisotopic (exact) mass is 367 g/mol. The lowest BCUT2D eigenvalue weighted by Gasteiger charge is -2.17. The van der Waals surface area contributed by atoms with Gasteiger partial charge < -0.3 is 5.73 Å². The van der Waals surface area contributed by atoms with Gasteiger partial charge >= 0.3 is 0 Å². The predicted octanol–water partition coefficient (Wildman–Crippen LogP) is 4.64. The number of thiophene rings is 1. The molecule has 0 fully saturated rings. The molecule has 18 heavy (non-hydrogen) atoms. The zero-order valence-corrected chi connectivity index (χ0v) is 13.7. The minimum absolute atomic E-state index is 0.227. The Morgan fingerprint density at radius 3 is 2.61 bits per heavy atom. The third-order valence-electron chi connectivity index (χ3n) is 2.59. The minimum Gasteiger partial charge on any atom is -0.319 e. The van der Waals surface area contributed by atoms with Crippen molar-refractivity contribution in [1.29, 1.82) is 0 Å². The third kappa shape index (κ3) is 2.60. The van der Waals surface area contributed by atoms with Crippen LogP contribution in [0.3, 0.4) is 0 Å². The van der Waals surface area contributed by atoms with E-state index in [1.165, 1.54) is 11.3 Å². The molecule has 0 amide bonds. The van der Waals surface area contributed by atoms with E-state index >= 15 is 0 Å². The summed E-state index contributed by atoms with van der Waals surface area (Å²) < 4.78 is 4.02. The van der Waals surface area contributed by atoms with E-state index in [0.717, 1.165) is 15.7 Å². The highest BCUT2D eigenvalue weighted by atomic mass is 79.9. The van der Waals surface area contributed by atoms with Gasteiger partial charge in [0.1, 0.15) is 0 Å². The first-order valence-corrected chi connectivity index (χ1v) is 7.71. The highest BCUT2D eigenvalue weighted by Crippen LogP contribution is 2.38. The van der Waals surface area contributed by atoms with Crippen molar-refractivity contribution in [3.8, 4) is 0 Å². The Bertz CT molecular complexity index is 565. The third-order valence-corrected chi connectivity index (χ3v) is 4.72. The van der Waals surface area contributed by atoms with Gasteiger partial charge in [-0.2, -0.15) is 5.10 Å². The molecule has 2 aromatic rings. The van der Waals surface area contributed by atoms with Gasteiger partial charge in [-0.25, -0.2) is 0 Å². The number of halogens is 3. The molecule has 0 aliphatic heterocycles. The van der Waals surface area contributed by atoms with Crippen LogP contribution in [0, 0.1) is 0 Å². The van der Waals surface area contributed by atoms with Crippen molar-refractivity contribution in [1.82, 2.24) is 9.78 Å². The molecule has 0 saturated heterocycles. The molecule has 3 nitrogen and oxygen atoms in total. The van der Waals surface area contributed by atoms with Crippen LogP contribution >= 0.6 is 50.5 Å². The Balaban J connectivity index is 2.48. The summed E-state index contributed by atoms with van der Waals surface area (Å²) in [5.74, 6) is 0. The predicted molar refractivity (Wildman–Crippen MR) is 80.7 cm³/mol. The van der Waals surface area contributed by atoms with Gasteiger partial charge in [-0.15, -0.1) is 11.3 Å². The molecule has 2 heterocycles. The molecule has 0 aliphatic carbocycles. The van der Waals surface area contributed by atoms with Gasteiger partial charge in [-0.3, -0.25) is 4.68 Å². The van der Waals surface area contributed by atoms with Gasteiger partial charge in [0.2, 0.25) is 0 Å². The average molecular weight is 369 g/mol. The number of nitrogens with two attached hydrogens (primary N) is 1. The Kier molecular flexibility index (Phi) is 4.39. The fourth-order valence-electron chi connectivity index (χ4n) is 1.77. The van der Waals surface area contributed by atoms with Gasteiger partial charge in [0.15, 0.2) is 0 Å². The molecule has 7 heteroatoms. The second-order valence-electron chi connectivity index (χ2n) is 4.17. The molecule has 98 valence electrons. The SMILES string of the molecule is CC(C)n1ncc(Br)c1C(N)c1cc(Cl)sc1Cl. The summed E-state index contributed by atoms with van der Waals surface area (Å²) in [5.41, 5.74) is 8.02. The topological polar surface area (TPSA) is 43.8 Å². The van der Waals surface area contributed by atoms with Gasteiger partial charge in [0.25, 0.3) is 0 Å². The van der Waals surface area contributed by atoms with Crippen LogP contribution in [0.5, 0.6) is 0 Å². The lowest BCUT2D eigenvalue weighted by atomic mass is 10.1. The van der Waals surface area contributed by atoms with Crippen LogP contribution in [-0.2, 0) is 0 Å². The Morgan fingerprint density at radius 2 is 2.11 bits per heavy atom. The summed E-state index contributed by atoms with van der Waals surface area (Å²) in [6, 6.07) is 1.69. The number of hydrogen-bond donors (Lipinski definition) is 1. The molecule has 0 aromatic carbocycles. The molecule has 2 aromatic heterocycles. The molecule has 0 spiro atoms. The largest absolute Gasteiger partial charge is 0.319 e. The molecule has 0 radical (unpaired) electrons. The fraction of sp³-hybridized carbons (Fsp3) is 0.364. The summed E-state index contributed by atoms with van der Waals surface area (Å²) in [5, 5.41) is 4.32. The summed E-state index contributed by atoms with van der Waals surface area (Å²) in [6.07, 6.45) is 1.75. The number of rotatable bonds is 3. The van der Waals surface area contributed by atoms with E-state index in [4.69, 9.17) is 28.9 Å². The van der Waals surface area contributed by atoms with Crippen LogP contribution in [0.25, 0.3) is 0 Å². The van der Waals surface area contributed by atoms with E-state index in [2.05, 4.69) is 34.9 Å². The van der Waals surface area contributed by atoms with Crippen molar-refractivity contribution >= 4 is 50.5 Å². The maximum Gasteiger partial charge on any atom is 0.0995 e. The van der Waals surface area contributed by atoms with Crippen LogP contribution in [0.4, 0.5) is 0 Å². The first kappa shape index (κ1) is 14.3. The molecule has 2 rings (SSSR count). The standard InChI is InChI=1S/C11H12BrCl2N3S/c1-5(2)17-10(7(12)4-16-17)9(15)6-3-8(13)18-11(6)14/h3-5,9H,15H2,1-2H3. The fourth-order valence-corrected chi connectivity index (χ4v) is 3.84. The lowest BCUT2D eigenvalue weighted by Crippen LogP contribution is -2.19. The number of aromatic nitrogens is 2. The maximum absolute atomic E-state index is 6.29. The molecular weight excluding hydrogens is 357 g/mol. The molecule has 1 unspecified atom stereocenters. The van der Waals surface area contributed by atoms with Crippen LogP contribution < -0.4 is 5.73 Å². The second-order valence-corrected chi connectivity index (χ2v) is 7.31. The Labute approximate surface area is 128 Å². The second kappa shape index (κ2) is 5.51. The molecule has 1 atom stereocenters. The van der Waals surface area contributed by atoms with Crippen molar-refractivity contribution in [3.63, 3.8) is 0 Å². The van der Waals surface area contributed by atoms with E-state index in [1.54, 1.807) is 6.20 Å². The highest BCUT2D eigenvalue weighted by molar-refractivity contribution is 9.10. The summed E-state index contributed by atoms with van der Waals surface area (Å²) in [7, 11) is 0. The van der Waals surface area contributed by atoms with Crippen LogP contribution in [0.2, 0.25) is 8.67 Å². The van der Waals surface area contributed by atoms with Crippen molar-refractivity contribution in [2.75, 3.05) is 0 Å². The lowest BCUT2D eigenvalue weighted by molar-refractivity contribution is 0.499. The minimum atomic E-state index is -0.347. The number of hydrogen-bond acceptors (Lipinski definition) is 3. The molecule has 2 N–H and O–H groups in total. The van der Waals surface area contributed by atoms with Crippen molar-refractivity contribution < 1.29 is 0 Å². The van der Waals surface area contributed by atoms with E-state index in [9.17, 15) is 0 Å². The highest BCUT2D eigenvalue weighted by Gasteiger charge is 2.23. The smallest absolute Gasteiger partial charge is 0.0995 e. The maximum atomic E-state index is 6.29. The van der Waals surface area contributed by atoms with Crippen molar-refractivity contribution in [2.24, 2.45) is 5.73 Å². The van der Waals surface area contributed by atoms with Gasteiger partial charge in [0, 0.05) is 11.6 Å². The quantitative estimate of drug-likeness (QED) is 0.857. The van der Waals surface area contributed by atoms with Crippen LogP contribution in [0.15, 0.2) is 16.7 Å². The van der Waals surface area contributed by atoms with Crippen molar-refractivity contribution in [3.05, 3.63) is 36.7 Å². The van der Waals surface area contributed by atoms with E-state index in [1.807, 2.05) is 10.7 Å². The summed E-state index contributed by atoms with van der Waals surface area (Å²) in [6.45, 7) is 4.11. The van der Waals surface area contributed by atoms with Crippen molar-refractivity contribution in [2.45, 2.75) is 25.9 Å². The van der Waals surface area contributed by atoms with Gasteiger partial charge in [0.05, 0.1) is 31.1 Å².